The molecule has 0 fully saturated rings. The van der Waals surface area contributed by atoms with Gasteiger partial charge in [-0.3, -0.25) is 0 Å². The third-order valence-electron chi connectivity index (χ3n) is 2.71. The van der Waals surface area contributed by atoms with Gasteiger partial charge in [0.1, 0.15) is 0 Å². The summed E-state index contributed by atoms with van der Waals surface area (Å²) in [5.74, 6) is 0. The number of sulfonamides is 1. The van der Waals surface area contributed by atoms with Crippen LogP contribution in [0.2, 0.25) is 5.02 Å². The average Bonchev–Trinajstić information content (AvgIpc) is 2.22. The maximum absolute atomic E-state index is 12.1. The first-order chi connectivity index (χ1) is 7.77. The Bertz CT molecular complexity index is 511. The minimum absolute atomic E-state index is 0.0737. The second kappa shape index (κ2) is 5.38. The van der Waals surface area contributed by atoms with Crippen LogP contribution in [-0.4, -0.2) is 14.5 Å². The molecule has 0 aliphatic heterocycles. The van der Waals surface area contributed by atoms with Crippen LogP contribution in [0.4, 0.5) is 0 Å². The summed E-state index contributed by atoms with van der Waals surface area (Å²) in [6, 6.07) is 3.22. The van der Waals surface area contributed by atoms with Gasteiger partial charge >= 0.3 is 0 Å². The van der Waals surface area contributed by atoms with Crippen LogP contribution in [0.5, 0.6) is 0 Å². The molecule has 17 heavy (non-hydrogen) atoms. The van der Waals surface area contributed by atoms with Crippen molar-refractivity contribution in [1.82, 2.24) is 4.72 Å². The van der Waals surface area contributed by atoms with E-state index < -0.39 is 10.0 Å². The fourth-order valence-corrected chi connectivity index (χ4v) is 3.31. The molecule has 0 saturated heterocycles. The van der Waals surface area contributed by atoms with E-state index in [9.17, 15) is 8.42 Å². The smallest absolute Gasteiger partial charge is 0.208 e. The van der Waals surface area contributed by atoms with E-state index in [1.807, 2.05) is 13.8 Å². The molecule has 1 aromatic carbocycles. The van der Waals surface area contributed by atoms with Crippen molar-refractivity contribution in [2.24, 2.45) is 0 Å². The monoisotopic (exact) mass is 275 g/mol. The zero-order valence-corrected chi connectivity index (χ0v) is 12.1. The summed E-state index contributed by atoms with van der Waals surface area (Å²) >= 11 is 5.95. The van der Waals surface area contributed by atoms with Crippen molar-refractivity contribution in [3.05, 3.63) is 28.3 Å². The fraction of sp³-hybridized carbons (Fsp3) is 0.500. The molecule has 0 radical (unpaired) electrons. The quantitative estimate of drug-likeness (QED) is 0.918. The highest BCUT2D eigenvalue weighted by Crippen LogP contribution is 2.23. The number of hydrogen-bond donors (Lipinski definition) is 1. The van der Waals surface area contributed by atoms with E-state index in [1.54, 1.807) is 26.0 Å². The molecule has 0 saturated carbocycles. The normalized spacial score (nSPS) is 13.7. The lowest BCUT2D eigenvalue weighted by atomic mass is 10.2. The van der Waals surface area contributed by atoms with Crippen LogP contribution in [0.15, 0.2) is 17.0 Å². The third-order valence-corrected chi connectivity index (χ3v) is 4.85. The number of hydrogen-bond acceptors (Lipinski definition) is 2. The molecular weight excluding hydrogens is 258 g/mol. The molecule has 1 rings (SSSR count). The Kier molecular flexibility index (Phi) is 4.58. The summed E-state index contributed by atoms with van der Waals surface area (Å²) in [6.45, 7) is 7.32. The summed E-state index contributed by atoms with van der Waals surface area (Å²) in [7, 11) is -3.45. The Morgan fingerprint density at radius 2 is 1.88 bits per heavy atom. The van der Waals surface area contributed by atoms with Crippen LogP contribution in [0.1, 0.15) is 31.4 Å². The molecule has 96 valence electrons. The molecule has 1 aromatic rings. The number of rotatable bonds is 4. The van der Waals surface area contributed by atoms with Gasteiger partial charge in [0, 0.05) is 11.1 Å². The van der Waals surface area contributed by atoms with Crippen LogP contribution < -0.4 is 4.72 Å². The van der Waals surface area contributed by atoms with E-state index >= 15 is 0 Å². The largest absolute Gasteiger partial charge is 0.241 e. The Morgan fingerprint density at radius 1 is 1.29 bits per heavy atom. The van der Waals surface area contributed by atoms with Crippen molar-refractivity contribution in [2.45, 2.75) is 45.1 Å². The molecule has 5 heteroatoms. The summed E-state index contributed by atoms with van der Waals surface area (Å²) in [5, 5.41) is 0.588. The molecule has 0 aliphatic rings. The number of nitrogens with one attached hydrogen (secondary N) is 1. The molecule has 0 spiro atoms. The SMILES string of the molecule is CC[C@@H](C)NS(=O)(=O)c1cc(C)c(Cl)cc1C. The van der Waals surface area contributed by atoms with E-state index in [1.165, 1.54) is 0 Å². The summed E-state index contributed by atoms with van der Waals surface area (Å²) in [5.41, 5.74) is 1.43. The minimum atomic E-state index is -3.45. The second-order valence-corrected chi connectivity index (χ2v) is 6.39. The van der Waals surface area contributed by atoms with Crippen molar-refractivity contribution < 1.29 is 8.42 Å². The standard InChI is InChI=1S/C12H18ClNO2S/c1-5-10(4)14-17(15,16)12-7-8(2)11(13)6-9(12)3/h6-7,10,14H,5H2,1-4H3/t10-/m1/s1. The summed E-state index contributed by atoms with van der Waals surface area (Å²) < 4.78 is 26.9. The number of halogens is 1. The van der Waals surface area contributed by atoms with Crippen LogP contribution in [0, 0.1) is 13.8 Å². The Balaban J connectivity index is 3.20. The van der Waals surface area contributed by atoms with Crippen molar-refractivity contribution in [1.29, 1.82) is 0 Å². The first kappa shape index (κ1) is 14.5. The molecule has 0 bridgehead atoms. The highest BCUT2D eigenvalue weighted by Gasteiger charge is 2.19. The van der Waals surface area contributed by atoms with Gasteiger partial charge in [0.15, 0.2) is 0 Å². The lowest BCUT2D eigenvalue weighted by Crippen LogP contribution is -2.32. The molecule has 1 atom stereocenters. The Morgan fingerprint density at radius 3 is 2.41 bits per heavy atom. The maximum Gasteiger partial charge on any atom is 0.241 e. The van der Waals surface area contributed by atoms with Crippen molar-refractivity contribution in [3.63, 3.8) is 0 Å². The summed E-state index contributed by atoms with van der Waals surface area (Å²) in [4.78, 5) is 0.305. The first-order valence-corrected chi connectivity index (χ1v) is 7.43. The lowest BCUT2D eigenvalue weighted by molar-refractivity contribution is 0.555. The van der Waals surface area contributed by atoms with E-state index in [4.69, 9.17) is 11.6 Å². The third kappa shape index (κ3) is 3.44. The first-order valence-electron chi connectivity index (χ1n) is 5.57. The van der Waals surface area contributed by atoms with Crippen molar-refractivity contribution in [3.8, 4) is 0 Å². The Labute approximate surface area is 108 Å². The topological polar surface area (TPSA) is 46.2 Å². The van der Waals surface area contributed by atoms with Gasteiger partial charge in [-0.2, -0.15) is 0 Å². The number of benzene rings is 1. The molecular formula is C12H18ClNO2S. The van der Waals surface area contributed by atoms with Gasteiger partial charge < -0.3 is 0 Å². The zero-order valence-electron chi connectivity index (χ0n) is 10.5. The van der Waals surface area contributed by atoms with E-state index in [-0.39, 0.29) is 6.04 Å². The van der Waals surface area contributed by atoms with Gasteiger partial charge in [-0.05, 0) is 50.5 Å². The van der Waals surface area contributed by atoms with Gasteiger partial charge in [0.25, 0.3) is 0 Å². The van der Waals surface area contributed by atoms with Crippen LogP contribution in [-0.2, 0) is 10.0 Å². The predicted octanol–water partition coefficient (Wildman–Crippen LogP) is 3.03. The molecule has 0 heterocycles. The molecule has 3 nitrogen and oxygen atoms in total. The molecule has 1 N–H and O–H groups in total. The fourth-order valence-electron chi connectivity index (χ4n) is 1.46. The zero-order chi connectivity index (χ0) is 13.2. The van der Waals surface area contributed by atoms with Gasteiger partial charge in [-0.25, -0.2) is 13.1 Å². The molecule has 0 amide bonds. The minimum Gasteiger partial charge on any atom is -0.208 e. The van der Waals surface area contributed by atoms with E-state index in [0.29, 0.717) is 15.5 Å². The van der Waals surface area contributed by atoms with Gasteiger partial charge in [-0.15, -0.1) is 0 Å². The van der Waals surface area contributed by atoms with Crippen molar-refractivity contribution in [2.75, 3.05) is 0 Å². The molecule has 0 aromatic heterocycles. The van der Waals surface area contributed by atoms with Crippen LogP contribution in [0.3, 0.4) is 0 Å². The summed E-state index contributed by atoms with van der Waals surface area (Å²) in [6.07, 6.45) is 0.755. The van der Waals surface area contributed by atoms with Crippen molar-refractivity contribution >= 4 is 21.6 Å². The van der Waals surface area contributed by atoms with Gasteiger partial charge in [0.05, 0.1) is 4.90 Å². The Hall–Kier alpha value is -0.580. The van der Waals surface area contributed by atoms with Crippen LogP contribution >= 0.6 is 11.6 Å². The van der Waals surface area contributed by atoms with Gasteiger partial charge in [-0.1, -0.05) is 18.5 Å². The molecule has 0 aliphatic carbocycles. The predicted molar refractivity (Wildman–Crippen MR) is 71.0 cm³/mol. The van der Waals surface area contributed by atoms with E-state index in [0.717, 1.165) is 12.0 Å². The van der Waals surface area contributed by atoms with E-state index in [2.05, 4.69) is 4.72 Å². The maximum atomic E-state index is 12.1. The highest BCUT2D eigenvalue weighted by molar-refractivity contribution is 7.89. The lowest BCUT2D eigenvalue weighted by Gasteiger charge is -2.14. The molecule has 0 unspecified atom stereocenters. The average molecular weight is 276 g/mol. The van der Waals surface area contributed by atoms with Crippen LogP contribution in [0.25, 0.3) is 0 Å². The second-order valence-electron chi connectivity index (χ2n) is 4.30. The highest BCUT2D eigenvalue weighted by atomic mass is 35.5. The number of aryl methyl sites for hydroxylation is 2. The van der Waals surface area contributed by atoms with Gasteiger partial charge in [0.2, 0.25) is 10.0 Å².